The van der Waals surface area contributed by atoms with Crippen molar-refractivity contribution in [3.8, 4) is 0 Å². The average Bonchev–Trinajstić information content (AvgIpc) is 2.30. The highest BCUT2D eigenvalue weighted by Crippen LogP contribution is 2.18. The lowest BCUT2D eigenvalue weighted by Gasteiger charge is -2.35. The molecule has 1 unspecified atom stereocenters. The van der Waals surface area contributed by atoms with Crippen LogP contribution in [-0.2, 0) is 4.74 Å². The zero-order valence-corrected chi connectivity index (χ0v) is 9.34. The van der Waals surface area contributed by atoms with Crippen molar-refractivity contribution in [2.24, 2.45) is 0 Å². The molecular formula is C11H16BNO3. The van der Waals surface area contributed by atoms with E-state index in [0.717, 1.165) is 18.8 Å². The van der Waals surface area contributed by atoms with Gasteiger partial charge >= 0.3 is 7.12 Å². The Hall–Kier alpha value is -1.04. The molecule has 0 aliphatic carbocycles. The molecular weight excluding hydrogens is 205 g/mol. The van der Waals surface area contributed by atoms with Crippen molar-refractivity contribution in [2.45, 2.75) is 13.0 Å². The summed E-state index contributed by atoms with van der Waals surface area (Å²) in [5, 5.41) is 18.2. The molecule has 1 fully saturated rings. The van der Waals surface area contributed by atoms with Gasteiger partial charge < -0.3 is 19.7 Å². The summed E-state index contributed by atoms with van der Waals surface area (Å²) in [7, 11) is -1.41. The van der Waals surface area contributed by atoms with Gasteiger partial charge in [-0.05, 0) is 24.5 Å². The Kier molecular flexibility index (Phi) is 3.48. The van der Waals surface area contributed by atoms with Crippen molar-refractivity contribution in [3.05, 3.63) is 24.3 Å². The largest absolute Gasteiger partial charge is 0.488 e. The molecule has 0 aromatic heterocycles. The molecule has 0 amide bonds. The fraction of sp³-hybridized carbons (Fsp3) is 0.455. The molecule has 1 saturated heterocycles. The lowest BCUT2D eigenvalue weighted by Crippen LogP contribution is -2.44. The van der Waals surface area contributed by atoms with Crippen molar-refractivity contribution in [1.29, 1.82) is 0 Å². The van der Waals surface area contributed by atoms with E-state index in [1.807, 2.05) is 18.2 Å². The number of rotatable bonds is 2. The molecule has 2 N–H and O–H groups in total. The number of ether oxygens (including phenoxy) is 1. The van der Waals surface area contributed by atoms with Crippen LogP contribution in [0.3, 0.4) is 0 Å². The third kappa shape index (κ3) is 2.37. The predicted molar refractivity (Wildman–Crippen MR) is 63.9 cm³/mol. The van der Waals surface area contributed by atoms with Crippen LogP contribution in [0, 0.1) is 0 Å². The summed E-state index contributed by atoms with van der Waals surface area (Å²) in [6.07, 6.45) is 0. The minimum absolute atomic E-state index is 0.319. The minimum Gasteiger partial charge on any atom is -0.423 e. The molecule has 5 heteroatoms. The number of hydrogen-bond acceptors (Lipinski definition) is 4. The molecule has 0 radical (unpaired) electrons. The summed E-state index contributed by atoms with van der Waals surface area (Å²) in [4.78, 5) is 2.22. The third-order valence-corrected chi connectivity index (χ3v) is 2.87. The highest BCUT2D eigenvalue weighted by Gasteiger charge is 2.20. The summed E-state index contributed by atoms with van der Waals surface area (Å²) >= 11 is 0. The fourth-order valence-electron chi connectivity index (χ4n) is 1.97. The molecule has 4 nitrogen and oxygen atoms in total. The highest BCUT2D eigenvalue weighted by molar-refractivity contribution is 6.58. The van der Waals surface area contributed by atoms with E-state index in [1.165, 1.54) is 0 Å². The van der Waals surface area contributed by atoms with Gasteiger partial charge in [-0.25, -0.2) is 0 Å². The Morgan fingerprint density at radius 1 is 1.44 bits per heavy atom. The first-order chi connectivity index (χ1) is 7.68. The van der Waals surface area contributed by atoms with Crippen LogP contribution in [0.25, 0.3) is 0 Å². The topological polar surface area (TPSA) is 52.9 Å². The Balaban J connectivity index is 2.21. The van der Waals surface area contributed by atoms with Crippen LogP contribution in [-0.4, -0.2) is 43.0 Å². The van der Waals surface area contributed by atoms with Gasteiger partial charge in [0.1, 0.15) is 0 Å². The quantitative estimate of drug-likeness (QED) is 0.666. The van der Waals surface area contributed by atoms with Gasteiger partial charge in [0.05, 0.1) is 13.2 Å². The standard InChI is InChI=1S/C11H16BNO3/c1-9-8-16-6-5-13(9)11-4-2-3-10(7-11)12(14)15/h2-4,7,9,14-15H,5-6,8H2,1H3. The first-order valence-electron chi connectivity index (χ1n) is 5.49. The zero-order chi connectivity index (χ0) is 11.5. The van der Waals surface area contributed by atoms with Crippen molar-refractivity contribution in [3.63, 3.8) is 0 Å². The van der Waals surface area contributed by atoms with Gasteiger partial charge in [0, 0.05) is 18.3 Å². The lowest BCUT2D eigenvalue weighted by molar-refractivity contribution is 0.0989. The van der Waals surface area contributed by atoms with Gasteiger partial charge in [-0.3, -0.25) is 0 Å². The molecule has 16 heavy (non-hydrogen) atoms. The van der Waals surface area contributed by atoms with Crippen LogP contribution in [0.1, 0.15) is 6.92 Å². The maximum Gasteiger partial charge on any atom is 0.488 e. The molecule has 1 aromatic rings. The second-order valence-electron chi connectivity index (χ2n) is 4.09. The summed E-state index contributed by atoms with van der Waals surface area (Å²) in [6.45, 7) is 4.37. The first-order valence-corrected chi connectivity index (χ1v) is 5.49. The summed E-state index contributed by atoms with van der Waals surface area (Å²) in [5.41, 5.74) is 1.54. The molecule has 1 heterocycles. The maximum atomic E-state index is 9.12. The Labute approximate surface area is 95.6 Å². The second kappa shape index (κ2) is 4.87. The smallest absolute Gasteiger partial charge is 0.423 e. The SMILES string of the molecule is CC1COCCN1c1cccc(B(O)O)c1. The first kappa shape index (κ1) is 11.5. The molecule has 1 atom stereocenters. The molecule has 1 aliphatic rings. The normalized spacial score (nSPS) is 20.9. The van der Waals surface area contributed by atoms with E-state index >= 15 is 0 Å². The van der Waals surface area contributed by atoms with Crippen LogP contribution in [0.4, 0.5) is 5.69 Å². The summed E-state index contributed by atoms with van der Waals surface area (Å²) in [6, 6.07) is 7.66. The molecule has 0 saturated carbocycles. The lowest BCUT2D eigenvalue weighted by atomic mass is 9.80. The van der Waals surface area contributed by atoms with Gasteiger partial charge in [0.15, 0.2) is 0 Å². The van der Waals surface area contributed by atoms with Crippen molar-refractivity contribution in [2.75, 3.05) is 24.7 Å². The van der Waals surface area contributed by atoms with Crippen LogP contribution in [0.5, 0.6) is 0 Å². The van der Waals surface area contributed by atoms with E-state index in [4.69, 9.17) is 14.8 Å². The number of morpholine rings is 1. The second-order valence-corrected chi connectivity index (χ2v) is 4.09. The Morgan fingerprint density at radius 3 is 2.94 bits per heavy atom. The molecule has 1 aliphatic heterocycles. The highest BCUT2D eigenvalue weighted by atomic mass is 16.5. The predicted octanol–water partition coefficient (Wildman–Crippen LogP) is -0.408. The minimum atomic E-state index is -1.41. The van der Waals surface area contributed by atoms with Crippen molar-refractivity contribution < 1.29 is 14.8 Å². The summed E-state index contributed by atoms with van der Waals surface area (Å²) < 4.78 is 5.37. The van der Waals surface area contributed by atoms with Crippen molar-refractivity contribution in [1.82, 2.24) is 0 Å². The van der Waals surface area contributed by atoms with Crippen LogP contribution in [0.2, 0.25) is 0 Å². The zero-order valence-electron chi connectivity index (χ0n) is 9.34. The summed E-state index contributed by atoms with van der Waals surface area (Å²) in [5.74, 6) is 0. The van der Waals surface area contributed by atoms with Gasteiger partial charge in [-0.2, -0.15) is 0 Å². The molecule has 0 spiro atoms. The van der Waals surface area contributed by atoms with Gasteiger partial charge in [-0.15, -0.1) is 0 Å². The van der Waals surface area contributed by atoms with E-state index in [2.05, 4.69) is 11.8 Å². The molecule has 2 rings (SSSR count). The number of anilines is 1. The van der Waals surface area contributed by atoms with E-state index in [1.54, 1.807) is 6.07 Å². The molecule has 0 bridgehead atoms. The number of benzene rings is 1. The van der Waals surface area contributed by atoms with Crippen LogP contribution < -0.4 is 10.4 Å². The average molecular weight is 221 g/mol. The number of nitrogens with zero attached hydrogens (tertiary/aromatic N) is 1. The third-order valence-electron chi connectivity index (χ3n) is 2.87. The van der Waals surface area contributed by atoms with Gasteiger partial charge in [-0.1, -0.05) is 12.1 Å². The Bertz CT molecular complexity index is 359. The van der Waals surface area contributed by atoms with E-state index in [9.17, 15) is 0 Å². The van der Waals surface area contributed by atoms with Gasteiger partial charge in [0.25, 0.3) is 0 Å². The monoisotopic (exact) mass is 221 g/mol. The molecule has 1 aromatic carbocycles. The van der Waals surface area contributed by atoms with Crippen LogP contribution in [0.15, 0.2) is 24.3 Å². The fourth-order valence-corrected chi connectivity index (χ4v) is 1.97. The van der Waals surface area contributed by atoms with E-state index < -0.39 is 7.12 Å². The number of hydrogen-bond donors (Lipinski definition) is 2. The molecule has 86 valence electrons. The van der Waals surface area contributed by atoms with Crippen LogP contribution >= 0.6 is 0 Å². The van der Waals surface area contributed by atoms with Gasteiger partial charge in [0.2, 0.25) is 0 Å². The Morgan fingerprint density at radius 2 is 2.25 bits per heavy atom. The van der Waals surface area contributed by atoms with E-state index in [0.29, 0.717) is 18.1 Å². The maximum absolute atomic E-state index is 9.12. The van der Waals surface area contributed by atoms with Crippen molar-refractivity contribution >= 4 is 18.3 Å². The van der Waals surface area contributed by atoms with E-state index in [-0.39, 0.29) is 0 Å².